The van der Waals surface area contributed by atoms with E-state index in [-0.39, 0.29) is 12.1 Å². The number of ether oxygens (including phenoxy) is 3. The van der Waals surface area contributed by atoms with Crippen molar-refractivity contribution in [2.75, 3.05) is 13.2 Å². The molecule has 4 nitrogen and oxygen atoms in total. The van der Waals surface area contributed by atoms with E-state index < -0.39 is 5.79 Å². The fraction of sp³-hybridized carbons (Fsp3) is 0.600. The molecule has 0 aromatic heterocycles. The predicted molar refractivity (Wildman–Crippen MR) is 71.5 cm³/mol. The van der Waals surface area contributed by atoms with Crippen LogP contribution in [0.15, 0.2) is 30.3 Å². The third-order valence-corrected chi connectivity index (χ3v) is 3.97. The summed E-state index contributed by atoms with van der Waals surface area (Å²) in [5.74, 6) is -0.433. The Bertz CT molecular complexity index is 403. The predicted octanol–water partition coefficient (Wildman–Crippen LogP) is 1.83. The average Bonchev–Trinajstić information content (AvgIpc) is 2.90. The van der Waals surface area contributed by atoms with Crippen LogP contribution in [0, 0.1) is 0 Å². The maximum absolute atomic E-state index is 6.16. The quantitative estimate of drug-likeness (QED) is 0.904. The van der Waals surface area contributed by atoms with Crippen LogP contribution in [0.5, 0.6) is 0 Å². The second-order valence-electron chi connectivity index (χ2n) is 5.35. The molecule has 2 aliphatic rings. The van der Waals surface area contributed by atoms with Gasteiger partial charge in [-0.2, -0.15) is 0 Å². The molecule has 0 bridgehead atoms. The van der Waals surface area contributed by atoms with Crippen molar-refractivity contribution >= 4 is 0 Å². The zero-order valence-corrected chi connectivity index (χ0v) is 11.1. The van der Waals surface area contributed by atoms with Crippen molar-refractivity contribution in [2.24, 2.45) is 5.73 Å². The van der Waals surface area contributed by atoms with E-state index in [1.54, 1.807) is 0 Å². The van der Waals surface area contributed by atoms with E-state index in [1.807, 2.05) is 18.2 Å². The van der Waals surface area contributed by atoms with Gasteiger partial charge in [0.2, 0.25) is 0 Å². The summed E-state index contributed by atoms with van der Waals surface area (Å²) < 4.78 is 17.5. The highest BCUT2D eigenvalue weighted by Gasteiger charge is 2.44. The third-order valence-electron chi connectivity index (χ3n) is 3.97. The molecule has 1 aromatic rings. The van der Waals surface area contributed by atoms with Gasteiger partial charge in [-0.05, 0) is 12.0 Å². The SMILES string of the molecule is N[C@@H]1CCC2(C[C@H]1OCc1ccccc1)OCCO2. The Hall–Kier alpha value is -0.940. The molecule has 0 amide bonds. The summed E-state index contributed by atoms with van der Waals surface area (Å²) in [5.41, 5.74) is 7.33. The second kappa shape index (κ2) is 5.59. The molecular weight excluding hydrogens is 242 g/mol. The van der Waals surface area contributed by atoms with E-state index in [0.717, 1.165) is 19.3 Å². The summed E-state index contributed by atoms with van der Waals surface area (Å²) in [6, 6.07) is 10.2. The van der Waals surface area contributed by atoms with Gasteiger partial charge in [0.25, 0.3) is 0 Å². The Labute approximate surface area is 113 Å². The highest BCUT2D eigenvalue weighted by Crippen LogP contribution is 2.36. The molecule has 1 aliphatic carbocycles. The molecule has 1 aromatic carbocycles. The maximum Gasteiger partial charge on any atom is 0.171 e. The van der Waals surface area contributed by atoms with Gasteiger partial charge in [-0.15, -0.1) is 0 Å². The van der Waals surface area contributed by atoms with Gasteiger partial charge in [-0.1, -0.05) is 30.3 Å². The lowest BCUT2D eigenvalue weighted by Gasteiger charge is -2.39. The van der Waals surface area contributed by atoms with Crippen molar-refractivity contribution in [1.29, 1.82) is 0 Å². The number of benzene rings is 1. The molecule has 1 heterocycles. The largest absolute Gasteiger partial charge is 0.372 e. The lowest BCUT2D eigenvalue weighted by molar-refractivity contribution is -0.206. The Morgan fingerprint density at radius 1 is 1.21 bits per heavy atom. The molecule has 2 atom stereocenters. The smallest absolute Gasteiger partial charge is 0.171 e. The molecule has 2 fully saturated rings. The van der Waals surface area contributed by atoms with E-state index in [2.05, 4.69) is 12.1 Å². The van der Waals surface area contributed by atoms with Crippen LogP contribution in [-0.4, -0.2) is 31.1 Å². The first-order valence-electron chi connectivity index (χ1n) is 6.96. The maximum atomic E-state index is 6.16. The first-order chi connectivity index (χ1) is 9.27. The molecule has 19 heavy (non-hydrogen) atoms. The summed E-state index contributed by atoms with van der Waals surface area (Å²) in [4.78, 5) is 0. The van der Waals surface area contributed by atoms with Crippen molar-refractivity contribution < 1.29 is 14.2 Å². The fourth-order valence-electron chi connectivity index (χ4n) is 2.85. The molecular formula is C15H21NO3. The summed E-state index contributed by atoms with van der Waals surface area (Å²) in [7, 11) is 0. The first kappa shape index (κ1) is 13.1. The Kier molecular flexibility index (Phi) is 3.84. The van der Waals surface area contributed by atoms with Crippen LogP contribution in [0.3, 0.4) is 0 Å². The van der Waals surface area contributed by atoms with Gasteiger partial charge in [0.15, 0.2) is 5.79 Å². The Morgan fingerprint density at radius 3 is 2.68 bits per heavy atom. The lowest BCUT2D eigenvalue weighted by atomic mass is 9.88. The van der Waals surface area contributed by atoms with Crippen LogP contribution in [0.2, 0.25) is 0 Å². The minimum Gasteiger partial charge on any atom is -0.372 e. The van der Waals surface area contributed by atoms with Crippen LogP contribution < -0.4 is 5.73 Å². The van der Waals surface area contributed by atoms with E-state index >= 15 is 0 Å². The number of rotatable bonds is 3. The molecule has 1 saturated carbocycles. The van der Waals surface area contributed by atoms with Crippen LogP contribution >= 0.6 is 0 Å². The van der Waals surface area contributed by atoms with E-state index in [4.69, 9.17) is 19.9 Å². The van der Waals surface area contributed by atoms with Crippen molar-refractivity contribution in [1.82, 2.24) is 0 Å². The minimum absolute atomic E-state index is 0.00653. The van der Waals surface area contributed by atoms with Crippen LogP contribution in [0.1, 0.15) is 24.8 Å². The van der Waals surface area contributed by atoms with Crippen LogP contribution in [-0.2, 0) is 20.8 Å². The molecule has 4 heteroatoms. The highest BCUT2D eigenvalue weighted by atomic mass is 16.7. The molecule has 2 N–H and O–H groups in total. The lowest BCUT2D eigenvalue weighted by Crippen LogP contribution is -2.50. The zero-order valence-electron chi connectivity index (χ0n) is 11.1. The second-order valence-corrected chi connectivity index (χ2v) is 5.35. The summed E-state index contributed by atoms with van der Waals surface area (Å²) in [5, 5.41) is 0. The van der Waals surface area contributed by atoms with Crippen LogP contribution in [0.25, 0.3) is 0 Å². The molecule has 104 valence electrons. The molecule has 1 saturated heterocycles. The van der Waals surface area contributed by atoms with Gasteiger partial charge >= 0.3 is 0 Å². The zero-order chi connectivity index (χ0) is 13.1. The third kappa shape index (κ3) is 2.98. The van der Waals surface area contributed by atoms with Gasteiger partial charge in [0.1, 0.15) is 0 Å². The monoisotopic (exact) mass is 263 g/mol. The van der Waals surface area contributed by atoms with Crippen molar-refractivity contribution in [3.05, 3.63) is 35.9 Å². The van der Waals surface area contributed by atoms with Gasteiger partial charge in [-0.25, -0.2) is 0 Å². The van der Waals surface area contributed by atoms with Crippen molar-refractivity contribution in [3.63, 3.8) is 0 Å². The molecule has 0 radical (unpaired) electrons. The Morgan fingerprint density at radius 2 is 1.95 bits per heavy atom. The van der Waals surface area contributed by atoms with Gasteiger partial charge in [-0.3, -0.25) is 0 Å². The Balaban J connectivity index is 1.59. The van der Waals surface area contributed by atoms with E-state index in [9.17, 15) is 0 Å². The number of hydrogen-bond acceptors (Lipinski definition) is 4. The average molecular weight is 263 g/mol. The standard InChI is InChI=1S/C15H21NO3/c16-13-6-7-15(18-8-9-19-15)10-14(13)17-11-12-4-2-1-3-5-12/h1-5,13-14H,6-11,16H2/t13-,14-/m1/s1. The van der Waals surface area contributed by atoms with Gasteiger partial charge in [0.05, 0.1) is 25.9 Å². The molecule has 1 spiro atoms. The number of hydrogen-bond donors (Lipinski definition) is 1. The first-order valence-corrected chi connectivity index (χ1v) is 6.96. The molecule has 1 aliphatic heterocycles. The van der Waals surface area contributed by atoms with Crippen molar-refractivity contribution in [2.45, 2.75) is 43.8 Å². The summed E-state index contributed by atoms with van der Waals surface area (Å²) in [6.07, 6.45) is 2.51. The molecule has 0 unspecified atom stereocenters. The van der Waals surface area contributed by atoms with E-state index in [0.29, 0.717) is 19.8 Å². The van der Waals surface area contributed by atoms with E-state index in [1.165, 1.54) is 5.56 Å². The number of nitrogens with two attached hydrogens (primary N) is 1. The van der Waals surface area contributed by atoms with Crippen molar-refractivity contribution in [3.8, 4) is 0 Å². The highest BCUT2D eigenvalue weighted by molar-refractivity contribution is 5.13. The minimum atomic E-state index is -0.433. The summed E-state index contributed by atoms with van der Waals surface area (Å²) in [6.45, 7) is 1.95. The summed E-state index contributed by atoms with van der Waals surface area (Å²) >= 11 is 0. The topological polar surface area (TPSA) is 53.7 Å². The van der Waals surface area contributed by atoms with Gasteiger partial charge in [0, 0.05) is 18.9 Å². The fourth-order valence-corrected chi connectivity index (χ4v) is 2.85. The normalized spacial score (nSPS) is 29.7. The van der Waals surface area contributed by atoms with Crippen LogP contribution in [0.4, 0.5) is 0 Å². The molecule has 3 rings (SSSR count). The van der Waals surface area contributed by atoms with Gasteiger partial charge < -0.3 is 19.9 Å².